The molecule has 0 unspecified atom stereocenters. The van der Waals surface area contributed by atoms with Crippen LogP contribution in [-0.4, -0.2) is 122 Å². The van der Waals surface area contributed by atoms with Crippen LogP contribution < -0.4 is 20.9 Å². The average molecular weight is 989 g/mol. The van der Waals surface area contributed by atoms with Gasteiger partial charge in [0.15, 0.2) is 0 Å². The van der Waals surface area contributed by atoms with Crippen LogP contribution in [0.25, 0.3) is 0 Å². The zero-order valence-corrected chi connectivity index (χ0v) is 44.4. The van der Waals surface area contributed by atoms with Crippen molar-refractivity contribution in [1.82, 2.24) is 30.7 Å². The predicted molar refractivity (Wildman–Crippen MR) is 290 cm³/mol. The van der Waals surface area contributed by atoms with Crippen LogP contribution in [0.3, 0.4) is 0 Å². The molecule has 0 aromatic heterocycles. The Balaban J connectivity index is 0.000000233. The maximum Gasteiger partial charge on any atom is 0.222 e. The molecule has 12 heteroatoms. The van der Waals surface area contributed by atoms with Gasteiger partial charge < -0.3 is 35.6 Å². The number of carbonyl (C=O) groups excluding carboxylic acids is 4. The van der Waals surface area contributed by atoms with E-state index in [9.17, 15) is 19.2 Å². The lowest BCUT2D eigenvalue weighted by Crippen LogP contribution is -2.52. The van der Waals surface area contributed by atoms with Crippen molar-refractivity contribution in [2.75, 3.05) is 65.8 Å². The summed E-state index contributed by atoms with van der Waals surface area (Å²) >= 11 is 5.89. The molecule has 2 aliphatic carbocycles. The standard InChI is InChI=1S/C31H44N4O2.C28H38ClN3O2/c1-25-10-7-8-13-28(25)34-20-22-35(23-21-34)30(37)15-9-14-29(36)32-27-16-18-31(19-17-27,33(2)3)24-26-11-5-4-6-12-26;1-21-4-6-23(7-5-21)20-28(32(2)3)17-14-25(15-18-28)31-27(34)13-12-26(33)30-19-16-22-8-10-24(29)11-9-22/h4-8,10-13,27H,9,14-24H2,1-3H3,(H,32,36);4-11,25H,12-20H2,1-3H3,(H,30,33)(H,31,34). The van der Waals surface area contributed by atoms with E-state index in [4.69, 9.17) is 11.6 Å². The molecule has 4 aromatic rings. The number of likely N-dealkylation sites (N-methyl/N-ethyl adjacent to an activating group) is 2. The van der Waals surface area contributed by atoms with Crippen LogP contribution in [0.5, 0.6) is 0 Å². The smallest absolute Gasteiger partial charge is 0.222 e. The topological polar surface area (TPSA) is 117 Å². The van der Waals surface area contributed by atoms with Crippen molar-refractivity contribution in [1.29, 1.82) is 0 Å². The molecule has 1 aliphatic heterocycles. The summed E-state index contributed by atoms with van der Waals surface area (Å²) in [6.07, 6.45) is 12.9. The van der Waals surface area contributed by atoms with Crippen LogP contribution in [0.15, 0.2) is 103 Å². The van der Waals surface area contributed by atoms with Crippen LogP contribution in [0.4, 0.5) is 5.69 Å². The molecule has 2 saturated carbocycles. The minimum Gasteiger partial charge on any atom is -0.368 e. The first-order chi connectivity index (χ1) is 34.1. The molecule has 7 rings (SSSR count). The first-order valence-electron chi connectivity index (χ1n) is 26.2. The Labute approximate surface area is 430 Å². The molecule has 3 fully saturated rings. The first kappa shape index (κ1) is 55.1. The number of amides is 4. The van der Waals surface area contributed by atoms with Gasteiger partial charge in [0.2, 0.25) is 23.6 Å². The number of nitrogens with one attached hydrogen (secondary N) is 3. The molecule has 0 radical (unpaired) electrons. The van der Waals surface area contributed by atoms with Gasteiger partial charge in [-0.05, 0) is 160 Å². The lowest BCUT2D eigenvalue weighted by Gasteiger charge is -2.45. The number of hydrogen-bond acceptors (Lipinski definition) is 7. The van der Waals surface area contributed by atoms with Crippen molar-refractivity contribution in [2.24, 2.45) is 0 Å². The SMILES string of the molecule is Cc1ccc(CC2(N(C)C)CCC(NC(=O)CCC(=O)NCCc3ccc(Cl)cc3)CC2)cc1.Cc1ccccc1N1CCN(C(=O)CCCC(=O)NC2CCC(Cc3ccccc3)(N(C)C)CC2)CC1. The zero-order valence-electron chi connectivity index (χ0n) is 43.6. The van der Waals surface area contributed by atoms with Gasteiger partial charge in [0.25, 0.3) is 0 Å². The van der Waals surface area contributed by atoms with Crippen LogP contribution in [0, 0.1) is 13.8 Å². The van der Waals surface area contributed by atoms with E-state index in [1.54, 1.807) is 0 Å². The molecule has 3 aliphatic rings. The average Bonchev–Trinajstić information content (AvgIpc) is 3.36. The minimum absolute atomic E-state index is 0.0336. The Kier molecular flexibility index (Phi) is 20.9. The van der Waals surface area contributed by atoms with E-state index < -0.39 is 0 Å². The van der Waals surface area contributed by atoms with Gasteiger partial charge >= 0.3 is 0 Å². The molecule has 384 valence electrons. The largest absolute Gasteiger partial charge is 0.368 e. The number of nitrogens with zero attached hydrogens (tertiary/aromatic N) is 4. The Morgan fingerprint density at radius 3 is 1.62 bits per heavy atom. The van der Waals surface area contributed by atoms with Crippen LogP contribution in [0.1, 0.15) is 111 Å². The summed E-state index contributed by atoms with van der Waals surface area (Å²) in [6, 6.07) is 36.0. The molecule has 0 bridgehead atoms. The fraction of sp³-hybridized carbons (Fsp3) is 0.525. The number of hydrogen-bond donors (Lipinski definition) is 3. The van der Waals surface area contributed by atoms with Gasteiger partial charge in [0.1, 0.15) is 0 Å². The maximum atomic E-state index is 12.7. The van der Waals surface area contributed by atoms with Crippen molar-refractivity contribution in [2.45, 2.75) is 140 Å². The molecular weight excluding hydrogens is 906 g/mol. The molecule has 4 aromatic carbocycles. The summed E-state index contributed by atoms with van der Waals surface area (Å²) < 4.78 is 0. The van der Waals surface area contributed by atoms with Gasteiger partial charge in [0.05, 0.1) is 0 Å². The summed E-state index contributed by atoms with van der Waals surface area (Å²) in [6.45, 7) is 8.02. The van der Waals surface area contributed by atoms with Gasteiger partial charge in [-0.2, -0.15) is 0 Å². The summed E-state index contributed by atoms with van der Waals surface area (Å²) in [4.78, 5) is 59.0. The van der Waals surface area contributed by atoms with Gasteiger partial charge in [-0.15, -0.1) is 0 Å². The molecule has 1 heterocycles. The fourth-order valence-corrected chi connectivity index (χ4v) is 10.9. The van der Waals surface area contributed by atoms with Crippen molar-refractivity contribution in [3.63, 3.8) is 0 Å². The normalized spacial score (nSPS) is 21.3. The maximum absolute atomic E-state index is 12.7. The number of halogens is 1. The van der Waals surface area contributed by atoms with E-state index in [0.29, 0.717) is 30.8 Å². The molecule has 1 saturated heterocycles. The number of para-hydroxylation sites is 1. The molecule has 3 N–H and O–H groups in total. The Morgan fingerprint density at radius 1 is 0.577 bits per heavy atom. The quantitative estimate of drug-likeness (QED) is 0.0859. The Hall–Kier alpha value is -5.23. The number of anilines is 1. The fourth-order valence-electron chi connectivity index (χ4n) is 10.8. The molecular formula is C59H82ClN7O4. The molecule has 0 atom stereocenters. The number of carbonyl (C=O) groups is 4. The highest BCUT2D eigenvalue weighted by Crippen LogP contribution is 2.37. The first-order valence-corrected chi connectivity index (χ1v) is 26.6. The van der Waals surface area contributed by atoms with E-state index in [1.165, 1.54) is 27.9 Å². The predicted octanol–water partition coefficient (Wildman–Crippen LogP) is 9.11. The number of piperazine rings is 1. The minimum atomic E-state index is -0.0857. The highest BCUT2D eigenvalue weighted by Gasteiger charge is 2.39. The number of rotatable bonds is 19. The van der Waals surface area contributed by atoms with Crippen molar-refractivity contribution in [3.05, 3.63) is 136 Å². The van der Waals surface area contributed by atoms with Crippen LogP contribution in [-0.2, 0) is 38.4 Å². The van der Waals surface area contributed by atoms with Crippen molar-refractivity contribution < 1.29 is 19.2 Å². The van der Waals surface area contributed by atoms with Crippen molar-refractivity contribution >= 4 is 40.9 Å². The van der Waals surface area contributed by atoms with E-state index in [0.717, 1.165) is 102 Å². The van der Waals surface area contributed by atoms with Gasteiger partial charge in [-0.1, -0.05) is 102 Å². The second kappa shape index (κ2) is 27.0. The van der Waals surface area contributed by atoms with Gasteiger partial charge in [-0.3, -0.25) is 19.2 Å². The number of aryl methyl sites for hydroxylation is 2. The second-order valence-corrected chi connectivity index (χ2v) is 21.4. The lowest BCUT2D eigenvalue weighted by atomic mass is 9.74. The van der Waals surface area contributed by atoms with Crippen LogP contribution >= 0.6 is 11.6 Å². The van der Waals surface area contributed by atoms with Crippen LogP contribution in [0.2, 0.25) is 5.02 Å². The highest BCUT2D eigenvalue weighted by atomic mass is 35.5. The third kappa shape index (κ3) is 16.9. The van der Waals surface area contributed by atoms with E-state index in [1.807, 2.05) is 29.2 Å². The number of benzene rings is 4. The van der Waals surface area contributed by atoms with E-state index in [-0.39, 0.29) is 59.6 Å². The van der Waals surface area contributed by atoms with E-state index >= 15 is 0 Å². The monoisotopic (exact) mass is 988 g/mol. The molecule has 11 nitrogen and oxygen atoms in total. The summed E-state index contributed by atoms with van der Waals surface area (Å²) in [5.41, 5.74) is 7.95. The Bertz CT molecular complexity index is 2280. The Morgan fingerprint density at radius 2 is 1.07 bits per heavy atom. The second-order valence-electron chi connectivity index (χ2n) is 21.0. The van der Waals surface area contributed by atoms with Crippen molar-refractivity contribution in [3.8, 4) is 0 Å². The summed E-state index contributed by atoms with van der Waals surface area (Å²) in [5.74, 6) is 0.139. The molecule has 0 spiro atoms. The molecule has 4 amide bonds. The molecule has 71 heavy (non-hydrogen) atoms. The van der Waals surface area contributed by atoms with E-state index in [2.05, 4.69) is 152 Å². The van der Waals surface area contributed by atoms with Gasteiger partial charge in [-0.25, -0.2) is 0 Å². The highest BCUT2D eigenvalue weighted by molar-refractivity contribution is 6.30. The van der Waals surface area contributed by atoms with Gasteiger partial charge in [0, 0.05) is 92.3 Å². The zero-order chi connectivity index (χ0) is 50.8. The third-order valence-electron chi connectivity index (χ3n) is 15.6. The lowest BCUT2D eigenvalue weighted by molar-refractivity contribution is -0.131. The summed E-state index contributed by atoms with van der Waals surface area (Å²) in [7, 11) is 8.69. The summed E-state index contributed by atoms with van der Waals surface area (Å²) in [5, 5.41) is 10.0. The third-order valence-corrected chi connectivity index (χ3v) is 15.9.